The van der Waals surface area contributed by atoms with Crippen molar-refractivity contribution in [3.8, 4) is 0 Å². The van der Waals surface area contributed by atoms with Gasteiger partial charge >= 0.3 is 0 Å². The Morgan fingerprint density at radius 2 is 1.65 bits per heavy atom. The van der Waals surface area contributed by atoms with Gasteiger partial charge in [-0.3, -0.25) is 19.6 Å². The quantitative estimate of drug-likeness (QED) is 0.822. The van der Waals surface area contributed by atoms with Crippen molar-refractivity contribution in [1.82, 2.24) is 24.8 Å². The topological polar surface area (TPSA) is 79.3 Å². The van der Waals surface area contributed by atoms with Crippen molar-refractivity contribution in [3.63, 3.8) is 0 Å². The summed E-state index contributed by atoms with van der Waals surface area (Å²) in [4.78, 5) is 41.4. The maximum atomic E-state index is 12.7. The van der Waals surface area contributed by atoms with E-state index in [1.54, 1.807) is 24.5 Å². The van der Waals surface area contributed by atoms with E-state index in [-0.39, 0.29) is 17.2 Å². The lowest BCUT2D eigenvalue weighted by molar-refractivity contribution is 0.0510. The van der Waals surface area contributed by atoms with Gasteiger partial charge in [0.15, 0.2) is 0 Å². The molecule has 4 heterocycles. The minimum Gasteiger partial charge on any atom is -0.337 e. The van der Waals surface area contributed by atoms with Gasteiger partial charge in [0.1, 0.15) is 11.4 Å². The molecule has 26 heavy (non-hydrogen) atoms. The number of rotatable bonds is 2. The molecule has 2 aromatic rings. The second-order valence-corrected chi connectivity index (χ2v) is 7.11. The molecule has 2 aliphatic rings. The zero-order valence-electron chi connectivity index (χ0n) is 14.5. The van der Waals surface area contributed by atoms with Crippen LogP contribution in [0.4, 0.5) is 0 Å². The van der Waals surface area contributed by atoms with Gasteiger partial charge in [0.2, 0.25) is 0 Å². The van der Waals surface area contributed by atoms with Gasteiger partial charge < -0.3 is 9.80 Å². The van der Waals surface area contributed by atoms with Crippen LogP contribution in [0.15, 0.2) is 43.0 Å². The van der Waals surface area contributed by atoms with E-state index in [1.807, 2.05) is 15.9 Å². The molecule has 1 spiro atoms. The fourth-order valence-corrected chi connectivity index (χ4v) is 4.05. The van der Waals surface area contributed by atoms with E-state index >= 15 is 0 Å². The Bertz CT molecular complexity index is 798. The average molecular weight is 351 g/mol. The highest BCUT2D eigenvalue weighted by molar-refractivity contribution is 5.93. The molecular weight excluding hydrogens is 330 g/mol. The summed E-state index contributed by atoms with van der Waals surface area (Å²) < 4.78 is 0. The molecule has 7 heteroatoms. The molecule has 0 N–H and O–H groups in total. The van der Waals surface area contributed by atoms with E-state index in [0.29, 0.717) is 31.0 Å². The van der Waals surface area contributed by atoms with Crippen LogP contribution in [0.25, 0.3) is 0 Å². The largest absolute Gasteiger partial charge is 0.337 e. The highest BCUT2D eigenvalue weighted by Gasteiger charge is 2.44. The number of hydrogen-bond acceptors (Lipinski definition) is 5. The molecule has 2 fully saturated rings. The smallest absolute Gasteiger partial charge is 0.274 e. The molecule has 0 aliphatic carbocycles. The second-order valence-electron chi connectivity index (χ2n) is 7.11. The van der Waals surface area contributed by atoms with Gasteiger partial charge in [-0.25, -0.2) is 4.98 Å². The number of carbonyl (C=O) groups excluding carboxylic acids is 2. The second kappa shape index (κ2) is 6.82. The average Bonchev–Trinajstić information content (AvgIpc) is 3.11. The first-order valence-electron chi connectivity index (χ1n) is 8.93. The van der Waals surface area contributed by atoms with Crippen molar-refractivity contribution >= 4 is 11.8 Å². The van der Waals surface area contributed by atoms with Gasteiger partial charge in [0.25, 0.3) is 11.8 Å². The molecule has 7 nitrogen and oxygen atoms in total. The normalized spacial score (nSPS) is 22.6. The van der Waals surface area contributed by atoms with Crippen molar-refractivity contribution < 1.29 is 9.59 Å². The third kappa shape index (κ3) is 3.16. The highest BCUT2D eigenvalue weighted by Crippen LogP contribution is 2.39. The van der Waals surface area contributed by atoms with E-state index < -0.39 is 0 Å². The van der Waals surface area contributed by atoms with E-state index in [9.17, 15) is 9.59 Å². The van der Waals surface area contributed by atoms with Crippen LogP contribution in [0.2, 0.25) is 0 Å². The zero-order chi connectivity index (χ0) is 18.0. The molecule has 2 aromatic heterocycles. The van der Waals surface area contributed by atoms with Crippen LogP contribution in [-0.2, 0) is 0 Å². The molecule has 1 unspecified atom stereocenters. The SMILES string of the molecule is O=C(c1cnccn1)N1CCCC2(CCN(C(=O)c3ccccn3)C2)C1. The number of aromatic nitrogens is 3. The first-order valence-corrected chi connectivity index (χ1v) is 8.93. The van der Waals surface area contributed by atoms with Gasteiger partial charge in [-0.05, 0) is 31.4 Å². The summed E-state index contributed by atoms with van der Waals surface area (Å²) in [6.07, 6.45) is 9.13. The van der Waals surface area contributed by atoms with E-state index in [2.05, 4.69) is 15.0 Å². The van der Waals surface area contributed by atoms with Gasteiger partial charge in [-0.2, -0.15) is 0 Å². The molecule has 4 rings (SSSR count). The summed E-state index contributed by atoms with van der Waals surface area (Å²) in [5, 5.41) is 0. The molecule has 1 atom stereocenters. The molecule has 0 aromatic carbocycles. The Kier molecular flexibility index (Phi) is 4.36. The maximum absolute atomic E-state index is 12.7. The zero-order valence-corrected chi connectivity index (χ0v) is 14.5. The number of hydrogen-bond donors (Lipinski definition) is 0. The monoisotopic (exact) mass is 351 g/mol. The fraction of sp³-hybridized carbons (Fsp3) is 0.421. The predicted molar refractivity (Wildman–Crippen MR) is 94.4 cm³/mol. The van der Waals surface area contributed by atoms with Crippen molar-refractivity contribution in [3.05, 3.63) is 54.4 Å². The Balaban J connectivity index is 1.46. The standard InChI is InChI=1S/C19H21N5O2/c25-17(15-4-1-2-7-21-15)24-11-6-19(14-24)5-3-10-23(13-19)18(26)16-12-20-8-9-22-16/h1-2,4,7-9,12H,3,5-6,10-11,13-14H2. The summed E-state index contributed by atoms with van der Waals surface area (Å²) in [5.74, 6) is -0.105. The van der Waals surface area contributed by atoms with Crippen LogP contribution in [0.1, 0.15) is 40.2 Å². The van der Waals surface area contributed by atoms with E-state index in [1.165, 1.54) is 12.4 Å². The van der Waals surface area contributed by atoms with Crippen LogP contribution in [0, 0.1) is 5.41 Å². The lowest BCUT2D eigenvalue weighted by atomic mass is 9.79. The Hall–Kier alpha value is -2.83. The van der Waals surface area contributed by atoms with Crippen LogP contribution in [0.3, 0.4) is 0 Å². The highest BCUT2D eigenvalue weighted by atomic mass is 16.2. The summed E-state index contributed by atoms with van der Waals surface area (Å²) in [7, 11) is 0. The minimum atomic E-state index is -0.0772. The Morgan fingerprint density at radius 1 is 0.885 bits per heavy atom. The van der Waals surface area contributed by atoms with Gasteiger partial charge in [-0.1, -0.05) is 6.07 Å². The molecule has 0 saturated carbocycles. The lowest BCUT2D eigenvalue weighted by Gasteiger charge is -2.40. The van der Waals surface area contributed by atoms with E-state index in [4.69, 9.17) is 0 Å². The molecule has 2 amide bonds. The number of carbonyl (C=O) groups is 2. The first-order chi connectivity index (χ1) is 12.7. The van der Waals surface area contributed by atoms with Crippen LogP contribution in [0.5, 0.6) is 0 Å². The third-order valence-electron chi connectivity index (χ3n) is 5.34. The third-order valence-corrected chi connectivity index (χ3v) is 5.34. The minimum absolute atomic E-state index is 0.0272. The molecule has 0 radical (unpaired) electrons. The van der Waals surface area contributed by atoms with Crippen LogP contribution >= 0.6 is 0 Å². The number of amides is 2. The molecule has 134 valence electrons. The van der Waals surface area contributed by atoms with Gasteiger partial charge in [0, 0.05) is 50.2 Å². The summed E-state index contributed by atoms with van der Waals surface area (Å²) in [5.41, 5.74) is 0.831. The summed E-state index contributed by atoms with van der Waals surface area (Å²) >= 11 is 0. The summed E-state index contributed by atoms with van der Waals surface area (Å²) in [6.45, 7) is 2.77. The molecule has 2 aliphatic heterocycles. The van der Waals surface area contributed by atoms with Crippen molar-refractivity contribution in [2.45, 2.75) is 19.3 Å². The first kappa shape index (κ1) is 16.6. The van der Waals surface area contributed by atoms with Gasteiger partial charge in [-0.15, -0.1) is 0 Å². The fourth-order valence-electron chi connectivity index (χ4n) is 4.05. The Morgan fingerprint density at radius 3 is 2.38 bits per heavy atom. The van der Waals surface area contributed by atoms with E-state index in [0.717, 1.165) is 25.8 Å². The van der Waals surface area contributed by atoms with Crippen LogP contribution in [-0.4, -0.2) is 62.7 Å². The summed E-state index contributed by atoms with van der Waals surface area (Å²) in [6, 6.07) is 5.38. The number of nitrogens with zero attached hydrogens (tertiary/aromatic N) is 5. The van der Waals surface area contributed by atoms with Crippen molar-refractivity contribution in [2.24, 2.45) is 5.41 Å². The predicted octanol–water partition coefficient (Wildman–Crippen LogP) is 1.64. The van der Waals surface area contributed by atoms with Crippen molar-refractivity contribution in [2.75, 3.05) is 26.2 Å². The molecule has 2 saturated heterocycles. The van der Waals surface area contributed by atoms with Crippen LogP contribution < -0.4 is 0 Å². The molecular formula is C19H21N5O2. The maximum Gasteiger partial charge on any atom is 0.274 e. The number of pyridine rings is 1. The Labute approximate surface area is 152 Å². The molecule has 0 bridgehead atoms. The number of likely N-dealkylation sites (tertiary alicyclic amines) is 2. The lowest BCUT2D eigenvalue weighted by Crippen LogP contribution is -2.48. The number of piperidine rings is 1. The van der Waals surface area contributed by atoms with Gasteiger partial charge in [0.05, 0.1) is 6.20 Å². The van der Waals surface area contributed by atoms with Crippen molar-refractivity contribution in [1.29, 1.82) is 0 Å².